The lowest BCUT2D eigenvalue weighted by Gasteiger charge is -2.26. The van der Waals surface area contributed by atoms with Gasteiger partial charge in [-0.05, 0) is 67.7 Å². The van der Waals surface area contributed by atoms with Crippen molar-refractivity contribution in [2.45, 2.75) is 70.4 Å². The van der Waals surface area contributed by atoms with E-state index in [9.17, 15) is 9.90 Å². The summed E-state index contributed by atoms with van der Waals surface area (Å²) in [4.78, 5) is 18.9. The van der Waals surface area contributed by atoms with Gasteiger partial charge < -0.3 is 15.2 Å². The SMILES string of the molecule is CCc1ccccc1C(C(=O)O)N1CC[C@@H](OCCCCCc2ccc3c(n2)NCCC3)C1. The number of unbranched alkanes of at least 4 members (excludes halogenated alkanes) is 2. The molecule has 6 nitrogen and oxygen atoms in total. The fourth-order valence-electron chi connectivity index (χ4n) is 5.08. The number of aliphatic carboxylic acids is 1. The molecule has 0 bridgehead atoms. The van der Waals surface area contributed by atoms with Crippen LogP contribution < -0.4 is 5.32 Å². The highest BCUT2D eigenvalue weighted by Crippen LogP contribution is 2.29. The number of nitrogens with one attached hydrogen (secondary N) is 1. The van der Waals surface area contributed by atoms with Gasteiger partial charge in [-0.1, -0.05) is 43.7 Å². The molecule has 1 fully saturated rings. The van der Waals surface area contributed by atoms with Crippen LogP contribution in [-0.4, -0.2) is 53.3 Å². The van der Waals surface area contributed by atoms with Crippen LogP contribution in [0.5, 0.6) is 0 Å². The number of carbonyl (C=O) groups is 1. The third-order valence-electron chi connectivity index (χ3n) is 6.89. The van der Waals surface area contributed by atoms with Gasteiger partial charge in [0, 0.05) is 31.9 Å². The molecule has 2 aliphatic heterocycles. The van der Waals surface area contributed by atoms with E-state index in [2.05, 4.69) is 29.3 Å². The fraction of sp³-hybridized carbons (Fsp3) is 0.556. The Bertz CT molecular complexity index is 933. The molecule has 0 radical (unpaired) electrons. The highest BCUT2D eigenvalue weighted by Gasteiger charge is 2.34. The average molecular weight is 452 g/mol. The van der Waals surface area contributed by atoms with Gasteiger partial charge in [-0.15, -0.1) is 0 Å². The van der Waals surface area contributed by atoms with E-state index in [0.29, 0.717) is 6.54 Å². The summed E-state index contributed by atoms with van der Waals surface area (Å²) in [5.74, 6) is 0.302. The minimum absolute atomic E-state index is 0.119. The van der Waals surface area contributed by atoms with E-state index in [1.165, 1.54) is 17.7 Å². The molecule has 2 N–H and O–H groups in total. The molecule has 1 unspecified atom stereocenters. The third kappa shape index (κ3) is 6.12. The number of aromatic nitrogens is 1. The first-order valence-electron chi connectivity index (χ1n) is 12.5. The second kappa shape index (κ2) is 11.6. The van der Waals surface area contributed by atoms with Gasteiger partial charge >= 0.3 is 5.97 Å². The summed E-state index contributed by atoms with van der Waals surface area (Å²) in [6.45, 7) is 5.28. The first kappa shape index (κ1) is 23.7. The van der Waals surface area contributed by atoms with Gasteiger partial charge in [0.15, 0.2) is 0 Å². The maximum absolute atomic E-state index is 12.1. The number of fused-ring (bicyclic) bond motifs is 1. The first-order valence-corrected chi connectivity index (χ1v) is 12.5. The van der Waals surface area contributed by atoms with E-state index in [0.717, 1.165) is 81.6 Å². The predicted octanol–water partition coefficient (Wildman–Crippen LogP) is 4.63. The van der Waals surface area contributed by atoms with Gasteiger partial charge in [0.2, 0.25) is 0 Å². The topological polar surface area (TPSA) is 74.7 Å². The highest BCUT2D eigenvalue weighted by atomic mass is 16.5. The van der Waals surface area contributed by atoms with E-state index >= 15 is 0 Å². The van der Waals surface area contributed by atoms with E-state index in [1.54, 1.807) is 0 Å². The number of ether oxygens (including phenoxy) is 1. The number of aryl methyl sites for hydroxylation is 3. The van der Waals surface area contributed by atoms with Crippen LogP contribution in [0.25, 0.3) is 0 Å². The molecule has 3 heterocycles. The maximum Gasteiger partial charge on any atom is 0.325 e. The molecular formula is C27H37N3O3. The Labute approximate surface area is 197 Å². The van der Waals surface area contributed by atoms with Crippen molar-refractivity contribution in [3.8, 4) is 0 Å². The predicted molar refractivity (Wildman–Crippen MR) is 131 cm³/mol. The summed E-state index contributed by atoms with van der Waals surface area (Å²) < 4.78 is 6.12. The van der Waals surface area contributed by atoms with Crippen LogP contribution in [0.4, 0.5) is 5.82 Å². The van der Waals surface area contributed by atoms with E-state index in [1.807, 2.05) is 24.3 Å². The Balaban J connectivity index is 1.18. The van der Waals surface area contributed by atoms with Crippen LogP contribution in [-0.2, 0) is 28.8 Å². The van der Waals surface area contributed by atoms with Crippen molar-refractivity contribution in [1.82, 2.24) is 9.88 Å². The van der Waals surface area contributed by atoms with Crippen molar-refractivity contribution in [2.75, 3.05) is 31.6 Å². The zero-order valence-corrected chi connectivity index (χ0v) is 19.8. The molecule has 1 aromatic carbocycles. The lowest BCUT2D eigenvalue weighted by Crippen LogP contribution is -2.34. The van der Waals surface area contributed by atoms with E-state index in [4.69, 9.17) is 9.72 Å². The molecule has 0 spiro atoms. The summed E-state index contributed by atoms with van der Waals surface area (Å²) in [6, 6.07) is 11.7. The van der Waals surface area contributed by atoms with Crippen molar-refractivity contribution >= 4 is 11.8 Å². The molecule has 33 heavy (non-hydrogen) atoms. The second-order valence-electron chi connectivity index (χ2n) is 9.22. The lowest BCUT2D eigenvalue weighted by molar-refractivity contribution is -0.143. The summed E-state index contributed by atoms with van der Waals surface area (Å²) in [5.41, 5.74) is 4.53. The molecule has 1 saturated heterocycles. The summed E-state index contributed by atoms with van der Waals surface area (Å²) in [5, 5.41) is 13.3. The molecule has 1 aromatic heterocycles. The molecule has 0 saturated carbocycles. The molecular weight excluding hydrogens is 414 g/mol. The Morgan fingerprint density at radius 1 is 1.24 bits per heavy atom. The number of likely N-dealkylation sites (tertiary alicyclic amines) is 1. The van der Waals surface area contributed by atoms with Crippen molar-refractivity contribution in [3.05, 3.63) is 58.8 Å². The van der Waals surface area contributed by atoms with Crippen LogP contribution in [0.2, 0.25) is 0 Å². The number of hydrogen-bond donors (Lipinski definition) is 2. The summed E-state index contributed by atoms with van der Waals surface area (Å²) >= 11 is 0. The molecule has 0 aliphatic carbocycles. The van der Waals surface area contributed by atoms with Gasteiger partial charge in [-0.2, -0.15) is 0 Å². The lowest BCUT2D eigenvalue weighted by atomic mass is 9.97. The fourth-order valence-corrected chi connectivity index (χ4v) is 5.08. The standard InChI is InChI=1S/C27H37N3O3/c1-2-20-9-5-6-12-24(20)25(27(31)32)30-17-15-23(19-30)33-18-7-3-4-11-22-14-13-21-10-8-16-28-26(21)29-22/h5-6,9,12-14,23,25H,2-4,7-8,10-11,15-19H2,1H3,(H,28,29)(H,31,32)/t23-,25?/m1/s1. The summed E-state index contributed by atoms with van der Waals surface area (Å²) in [7, 11) is 0. The zero-order valence-electron chi connectivity index (χ0n) is 19.8. The van der Waals surface area contributed by atoms with Crippen LogP contribution in [0, 0.1) is 0 Å². The molecule has 0 amide bonds. The van der Waals surface area contributed by atoms with Gasteiger partial charge in [-0.3, -0.25) is 9.69 Å². The minimum Gasteiger partial charge on any atom is -0.480 e. The van der Waals surface area contributed by atoms with E-state index in [-0.39, 0.29) is 6.10 Å². The normalized spacial score (nSPS) is 19.1. The Hall–Kier alpha value is -2.44. The monoisotopic (exact) mass is 451 g/mol. The van der Waals surface area contributed by atoms with Gasteiger partial charge in [0.05, 0.1) is 6.10 Å². The Morgan fingerprint density at radius 3 is 2.97 bits per heavy atom. The van der Waals surface area contributed by atoms with Crippen molar-refractivity contribution in [1.29, 1.82) is 0 Å². The van der Waals surface area contributed by atoms with Gasteiger partial charge in [0.1, 0.15) is 11.9 Å². The number of carboxylic acids is 1. The number of carboxylic acid groups (broad SMARTS) is 1. The largest absolute Gasteiger partial charge is 0.480 e. The smallest absolute Gasteiger partial charge is 0.325 e. The summed E-state index contributed by atoms with van der Waals surface area (Å²) in [6.07, 6.45) is 8.43. The van der Waals surface area contributed by atoms with Crippen molar-refractivity contribution in [3.63, 3.8) is 0 Å². The van der Waals surface area contributed by atoms with Crippen molar-refractivity contribution < 1.29 is 14.6 Å². The van der Waals surface area contributed by atoms with Gasteiger partial charge in [0.25, 0.3) is 0 Å². The maximum atomic E-state index is 12.1. The highest BCUT2D eigenvalue weighted by molar-refractivity contribution is 5.76. The molecule has 4 rings (SSSR count). The van der Waals surface area contributed by atoms with Gasteiger partial charge in [-0.25, -0.2) is 4.98 Å². The second-order valence-corrected chi connectivity index (χ2v) is 9.22. The Kier molecular flexibility index (Phi) is 8.35. The molecule has 178 valence electrons. The van der Waals surface area contributed by atoms with Crippen LogP contribution >= 0.6 is 0 Å². The average Bonchev–Trinajstić information content (AvgIpc) is 3.29. The number of rotatable bonds is 11. The van der Waals surface area contributed by atoms with Crippen molar-refractivity contribution in [2.24, 2.45) is 0 Å². The molecule has 2 aliphatic rings. The minimum atomic E-state index is -0.775. The van der Waals surface area contributed by atoms with Crippen LogP contribution in [0.3, 0.4) is 0 Å². The zero-order chi connectivity index (χ0) is 23.0. The van der Waals surface area contributed by atoms with Crippen LogP contribution in [0.15, 0.2) is 36.4 Å². The number of pyridine rings is 1. The first-order chi connectivity index (χ1) is 16.2. The number of benzene rings is 1. The molecule has 2 aromatic rings. The number of nitrogens with zero attached hydrogens (tertiary/aromatic N) is 2. The molecule has 2 atom stereocenters. The van der Waals surface area contributed by atoms with Crippen LogP contribution in [0.1, 0.15) is 67.5 Å². The third-order valence-corrected chi connectivity index (χ3v) is 6.89. The Morgan fingerprint density at radius 2 is 2.12 bits per heavy atom. The molecule has 6 heteroatoms. The quantitative estimate of drug-likeness (QED) is 0.485. The van der Waals surface area contributed by atoms with E-state index < -0.39 is 12.0 Å². The number of hydrogen-bond acceptors (Lipinski definition) is 5. The number of anilines is 1.